The molecule has 82 valence electrons. The van der Waals surface area contributed by atoms with E-state index in [2.05, 4.69) is 5.32 Å². The molecule has 0 heterocycles. The molecule has 1 aromatic rings. The van der Waals surface area contributed by atoms with Gasteiger partial charge in [0, 0.05) is 0 Å². The molecule has 1 unspecified atom stereocenters. The van der Waals surface area contributed by atoms with Gasteiger partial charge < -0.3 is 10.4 Å². The number of carboxylic acid groups (broad SMARTS) is 1. The van der Waals surface area contributed by atoms with Crippen LogP contribution in [0.25, 0.3) is 0 Å². The lowest BCUT2D eigenvalue weighted by atomic mass is 9.96. The minimum Gasteiger partial charge on any atom is -0.481 e. The number of halogens is 1. The van der Waals surface area contributed by atoms with Gasteiger partial charge in [-0.2, -0.15) is 0 Å². The third-order valence-electron chi connectivity index (χ3n) is 2.23. The van der Waals surface area contributed by atoms with Gasteiger partial charge in [-0.25, -0.2) is 4.39 Å². The molecule has 0 aromatic heterocycles. The Morgan fingerprint density at radius 1 is 1.60 bits per heavy atom. The molecule has 15 heavy (non-hydrogen) atoms. The Morgan fingerprint density at radius 3 is 2.87 bits per heavy atom. The fourth-order valence-corrected chi connectivity index (χ4v) is 1.44. The number of benzene rings is 1. The monoisotopic (exact) mass is 211 g/mol. The van der Waals surface area contributed by atoms with E-state index in [4.69, 9.17) is 5.11 Å². The van der Waals surface area contributed by atoms with Crippen molar-refractivity contribution in [3.63, 3.8) is 0 Å². The number of hydrogen-bond donors (Lipinski definition) is 2. The van der Waals surface area contributed by atoms with Crippen LogP contribution >= 0.6 is 0 Å². The van der Waals surface area contributed by atoms with Crippen molar-refractivity contribution in [2.24, 2.45) is 0 Å². The molecule has 0 saturated carbocycles. The van der Waals surface area contributed by atoms with Crippen LogP contribution < -0.4 is 5.32 Å². The van der Waals surface area contributed by atoms with E-state index in [9.17, 15) is 9.18 Å². The number of rotatable bonds is 5. The van der Waals surface area contributed by atoms with Gasteiger partial charge in [-0.05, 0) is 37.7 Å². The molecule has 1 rings (SSSR count). The molecule has 0 aliphatic carbocycles. The second kappa shape index (κ2) is 5.46. The van der Waals surface area contributed by atoms with Crippen LogP contribution in [0.3, 0.4) is 0 Å². The molecule has 3 nitrogen and oxygen atoms in total. The highest BCUT2D eigenvalue weighted by molar-refractivity contribution is 5.76. The van der Waals surface area contributed by atoms with Gasteiger partial charge in [0.2, 0.25) is 0 Å². The van der Waals surface area contributed by atoms with Crippen molar-refractivity contribution in [2.45, 2.75) is 12.3 Å². The van der Waals surface area contributed by atoms with E-state index in [1.54, 1.807) is 13.1 Å². The molecule has 0 amide bonds. The molecule has 0 radical (unpaired) electrons. The zero-order valence-electron chi connectivity index (χ0n) is 8.53. The van der Waals surface area contributed by atoms with E-state index < -0.39 is 17.7 Å². The highest BCUT2D eigenvalue weighted by Gasteiger charge is 2.19. The molecular formula is C11H14FNO2. The summed E-state index contributed by atoms with van der Waals surface area (Å²) in [5.41, 5.74) is 0.512. The Labute approximate surface area is 87.9 Å². The largest absolute Gasteiger partial charge is 0.481 e. The zero-order valence-corrected chi connectivity index (χ0v) is 8.53. The predicted octanol–water partition coefficient (Wildman–Crippen LogP) is 1.60. The van der Waals surface area contributed by atoms with Crippen LogP contribution in [0.4, 0.5) is 4.39 Å². The summed E-state index contributed by atoms with van der Waals surface area (Å²) in [5, 5.41) is 11.9. The van der Waals surface area contributed by atoms with Crippen molar-refractivity contribution in [3.05, 3.63) is 35.6 Å². The van der Waals surface area contributed by atoms with Gasteiger partial charge in [0.05, 0.1) is 5.92 Å². The van der Waals surface area contributed by atoms with Crippen molar-refractivity contribution < 1.29 is 14.3 Å². The second-order valence-corrected chi connectivity index (χ2v) is 3.34. The summed E-state index contributed by atoms with van der Waals surface area (Å²) in [6, 6.07) is 5.74. The maximum Gasteiger partial charge on any atom is 0.311 e. The smallest absolute Gasteiger partial charge is 0.311 e. The molecule has 0 spiro atoms. The van der Waals surface area contributed by atoms with E-state index in [-0.39, 0.29) is 0 Å². The topological polar surface area (TPSA) is 49.3 Å². The van der Waals surface area contributed by atoms with Crippen molar-refractivity contribution in [1.82, 2.24) is 5.32 Å². The molecule has 0 saturated heterocycles. The summed E-state index contributed by atoms with van der Waals surface area (Å²) in [7, 11) is 1.75. The van der Waals surface area contributed by atoms with Crippen molar-refractivity contribution in [2.75, 3.05) is 13.6 Å². The first kappa shape index (κ1) is 11.7. The fraction of sp³-hybridized carbons (Fsp3) is 0.364. The van der Waals surface area contributed by atoms with Gasteiger partial charge in [0.25, 0.3) is 0 Å². The number of carbonyl (C=O) groups is 1. The minimum atomic E-state index is -0.921. The van der Waals surface area contributed by atoms with Crippen LogP contribution in [0.2, 0.25) is 0 Å². The van der Waals surface area contributed by atoms with E-state index >= 15 is 0 Å². The lowest BCUT2D eigenvalue weighted by Crippen LogP contribution is -2.18. The average Bonchev–Trinajstić information content (AvgIpc) is 2.18. The van der Waals surface area contributed by atoms with Crippen LogP contribution in [0.5, 0.6) is 0 Å². The zero-order chi connectivity index (χ0) is 11.3. The van der Waals surface area contributed by atoms with E-state index in [1.807, 2.05) is 0 Å². The van der Waals surface area contributed by atoms with Crippen molar-refractivity contribution >= 4 is 5.97 Å². The van der Waals surface area contributed by atoms with Gasteiger partial charge in [-0.15, -0.1) is 0 Å². The first-order valence-corrected chi connectivity index (χ1v) is 4.78. The molecule has 0 aliphatic heterocycles. The maximum atomic E-state index is 12.9. The molecule has 1 atom stereocenters. The Bertz CT molecular complexity index is 341. The Morgan fingerprint density at radius 2 is 2.33 bits per heavy atom. The van der Waals surface area contributed by atoms with Crippen molar-refractivity contribution in [1.29, 1.82) is 0 Å². The summed E-state index contributed by atoms with van der Waals surface area (Å²) >= 11 is 0. The quantitative estimate of drug-likeness (QED) is 0.777. The number of aliphatic carboxylic acids is 1. The number of carboxylic acids is 1. The Hall–Kier alpha value is -1.42. The molecule has 4 heteroatoms. The molecule has 0 bridgehead atoms. The summed E-state index contributed by atoms with van der Waals surface area (Å²) in [4.78, 5) is 11.0. The maximum absolute atomic E-state index is 12.9. The summed E-state index contributed by atoms with van der Waals surface area (Å²) in [6.45, 7) is 0.591. The van der Waals surface area contributed by atoms with Gasteiger partial charge in [-0.1, -0.05) is 12.1 Å². The predicted molar refractivity (Wildman–Crippen MR) is 55.3 cm³/mol. The fourth-order valence-electron chi connectivity index (χ4n) is 1.44. The Balaban J connectivity index is 2.84. The summed E-state index contributed by atoms with van der Waals surface area (Å²) in [6.07, 6.45) is 0.454. The number of hydrogen-bond acceptors (Lipinski definition) is 2. The highest BCUT2D eigenvalue weighted by atomic mass is 19.1. The minimum absolute atomic E-state index is 0.400. The molecule has 2 N–H and O–H groups in total. The SMILES string of the molecule is CNCCC(C(=O)O)c1cccc(F)c1. The molecular weight excluding hydrogens is 197 g/mol. The van der Waals surface area contributed by atoms with Gasteiger partial charge in [0.1, 0.15) is 5.82 Å². The summed E-state index contributed by atoms with van der Waals surface area (Å²) in [5.74, 6) is -1.97. The van der Waals surface area contributed by atoms with Crippen LogP contribution in [-0.2, 0) is 4.79 Å². The lowest BCUT2D eigenvalue weighted by molar-refractivity contribution is -0.138. The van der Waals surface area contributed by atoms with E-state index in [0.29, 0.717) is 18.5 Å². The third kappa shape index (κ3) is 3.32. The molecule has 0 aliphatic rings. The van der Waals surface area contributed by atoms with E-state index in [0.717, 1.165) is 0 Å². The second-order valence-electron chi connectivity index (χ2n) is 3.34. The summed E-state index contributed by atoms with van der Waals surface area (Å²) < 4.78 is 12.9. The number of nitrogens with one attached hydrogen (secondary N) is 1. The van der Waals surface area contributed by atoms with E-state index in [1.165, 1.54) is 18.2 Å². The first-order chi connectivity index (χ1) is 7.15. The molecule has 0 fully saturated rings. The van der Waals surface area contributed by atoms with Crippen LogP contribution in [0, 0.1) is 5.82 Å². The van der Waals surface area contributed by atoms with Gasteiger partial charge in [0.15, 0.2) is 0 Å². The van der Waals surface area contributed by atoms with Crippen LogP contribution in [-0.4, -0.2) is 24.7 Å². The average molecular weight is 211 g/mol. The third-order valence-corrected chi connectivity index (χ3v) is 2.23. The van der Waals surface area contributed by atoms with Gasteiger partial charge >= 0.3 is 5.97 Å². The van der Waals surface area contributed by atoms with Gasteiger partial charge in [-0.3, -0.25) is 4.79 Å². The van der Waals surface area contributed by atoms with Crippen LogP contribution in [0.15, 0.2) is 24.3 Å². The normalized spacial score (nSPS) is 12.4. The lowest BCUT2D eigenvalue weighted by Gasteiger charge is -2.12. The highest BCUT2D eigenvalue weighted by Crippen LogP contribution is 2.20. The Kier molecular flexibility index (Phi) is 4.24. The first-order valence-electron chi connectivity index (χ1n) is 4.78. The van der Waals surface area contributed by atoms with Crippen molar-refractivity contribution in [3.8, 4) is 0 Å². The standard InChI is InChI=1S/C11H14FNO2/c1-13-6-5-10(11(14)15)8-3-2-4-9(12)7-8/h2-4,7,10,13H,5-6H2,1H3,(H,14,15). The molecule has 1 aromatic carbocycles. The van der Waals surface area contributed by atoms with Crippen LogP contribution in [0.1, 0.15) is 17.9 Å².